The summed E-state index contributed by atoms with van der Waals surface area (Å²) in [5.41, 5.74) is 2.40. The van der Waals surface area contributed by atoms with Crippen molar-refractivity contribution in [2.75, 3.05) is 0 Å². The molecule has 1 heterocycles. The van der Waals surface area contributed by atoms with Crippen LogP contribution in [0.2, 0.25) is 0 Å². The Morgan fingerprint density at radius 1 is 1.43 bits per heavy atom. The van der Waals surface area contributed by atoms with Crippen LogP contribution < -0.4 is 10.1 Å². The van der Waals surface area contributed by atoms with Gasteiger partial charge in [0.05, 0.1) is 11.3 Å². The number of nitrogens with zero attached hydrogens (tertiary/aromatic N) is 1. The zero-order valence-corrected chi connectivity index (χ0v) is 12.2. The predicted molar refractivity (Wildman–Crippen MR) is 77.2 cm³/mol. The van der Waals surface area contributed by atoms with Crippen LogP contribution in [0.25, 0.3) is 0 Å². The largest absolute Gasteiger partial charge is 0.489 e. The molecule has 110 valence electrons. The van der Waals surface area contributed by atoms with E-state index in [-0.39, 0.29) is 5.91 Å². The van der Waals surface area contributed by atoms with Gasteiger partial charge in [-0.1, -0.05) is 11.2 Å². The Hall–Kier alpha value is -2.30. The van der Waals surface area contributed by atoms with E-state index in [4.69, 9.17) is 9.26 Å². The summed E-state index contributed by atoms with van der Waals surface area (Å²) in [5.74, 6) is 1.38. The fraction of sp³-hybridized carbons (Fsp3) is 0.375. The zero-order chi connectivity index (χ0) is 14.8. The van der Waals surface area contributed by atoms with Gasteiger partial charge in [0.15, 0.2) is 0 Å². The number of hydrogen-bond donors (Lipinski definition) is 1. The van der Waals surface area contributed by atoms with Crippen LogP contribution in [0.3, 0.4) is 0 Å². The number of nitrogens with one attached hydrogen (secondary N) is 1. The molecule has 1 N–H and O–H groups in total. The summed E-state index contributed by atoms with van der Waals surface area (Å²) in [5, 5.41) is 6.86. The van der Waals surface area contributed by atoms with E-state index in [1.807, 2.05) is 26.0 Å². The number of benzene rings is 1. The molecule has 0 bridgehead atoms. The molecule has 0 unspecified atom stereocenters. The van der Waals surface area contributed by atoms with Gasteiger partial charge in [0.1, 0.15) is 18.1 Å². The van der Waals surface area contributed by atoms with Crippen molar-refractivity contribution in [2.24, 2.45) is 0 Å². The molecule has 5 heteroatoms. The maximum atomic E-state index is 12.0. The molecule has 0 spiro atoms. The summed E-state index contributed by atoms with van der Waals surface area (Å²) in [7, 11) is 0. The molecule has 1 saturated carbocycles. The molecule has 1 aliphatic carbocycles. The Labute approximate surface area is 123 Å². The number of aromatic nitrogens is 1. The second-order valence-corrected chi connectivity index (χ2v) is 5.37. The second kappa shape index (κ2) is 5.60. The lowest BCUT2D eigenvalue weighted by atomic mass is 10.2. The third-order valence-corrected chi connectivity index (χ3v) is 3.57. The Morgan fingerprint density at radius 2 is 2.24 bits per heavy atom. The third-order valence-electron chi connectivity index (χ3n) is 3.57. The SMILES string of the molecule is Cc1noc(C)c1COc1cccc(C(=O)NC2CC2)c1. The van der Waals surface area contributed by atoms with Gasteiger partial charge < -0.3 is 14.6 Å². The zero-order valence-electron chi connectivity index (χ0n) is 12.2. The van der Waals surface area contributed by atoms with E-state index in [1.54, 1.807) is 12.1 Å². The van der Waals surface area contributed by atoms with E-state index in [9.17, 15) is 4.79 Å². The number of carbonyl (C=O) groups is 1. The third kappa shape index (κ3) is 3.24. The van der Waals surface area contributed by atoms with Crippen LogP contribution in [0.1, 0.15) is 40.2 Å². The molecule has 3 rings (SSSR count). The van der Waals surface area contributed by atoms with Gasteiger partial charge in [-0.05, 0) is 44.9 Å². The van der Waals surface area contributed by atoms with Crippen molar-refractivity contribution in [1.82, 2.24) is 10.5 Å². The Bertz CT molecular complexity index is 640. The highest BCUT2D eigenvalue weighted by Gasteiger charge is 2.23. The van der Waals surface area contributed by atoms with E-state index in [1.165, 1.54) is 0 Å². The second-order valence-electron chi connectivity index (χ2n) is 5.37. The van der Waals surface area contributed by atoms with Crippen LogP contribution in [0, 0.1) is 13.8 Å². The highest BCUT2D eigenvalue weighted by molar-refractivity contribution is 5.94. The molecule has 0 radical (unpaired) electrons. The van der Waals surface area contributed by atoms with Crippen LogP contribution >= 0.6 is 0 Å². The standard InChI is InChI=1S/C16H18N2O3/c1-10-15(11(2)21-18-10)9-20-14-5-3-4-12(8-14)16(19)17-13-6-7-13/h3-5,8,13H,6-7,9H2,1-2H3,(H,17,19). The highest BCUT2D eigenvalue weighted by Crippen LogP contribution is 2.21. The first-order valence-electron chi connectivity index (χ1n) is 7.09. The first-order chi connectivity index (χ1) is 10.1. The molecule has 21 heavy (non-hydrogen) atoms. The topological polar surface area (TPSA) is 64.4 Å². The van der Waals surface area contributed by atoms with E-state index >= 15 is 0 Å². The van der Waals surface area contributed by atoms with Crippen molar-refractivity contribution < 1.29 is 14.1 Å². The van der Waals surface area contributed by atoms with Crippen molar-refractivity contribution in [3.05, 3.63) is 46.8 Å². The molecule has 1 aromatic carbocycles. The Morgan fingerprint density at radius 3 is 2.90 bits per heavy atom. The number of ether oxygens (including phenoxy) is 1. The minimum Gasteiger partial charge on any atom is -0.489 e. The van der Waals surface area contributed by atoms with Gasteiger partial charge in [-0.15, -0.1) is 0 Å². The molecule has 1 aromatic heterocycles. The molecule has 2 aromatic rings. The molecule has 0 atom stereocenters. The maximum Gasteiger partial charge on any atom is 0.251 e. The molecule has 1 fully saturated rings. The van der Waals surface area contributed by atoms with Crippen molar-refractivity contribution in [2.45, 2.75) is 39.3 Å². The van der Waals surface area contributed by atoms with Gasteiger partial charge in [0.2, 0.25) is 0 Å². The normalized spacial score (nSPS) is 14.0. The van der Waals surface area contributed by atoms with Crippen LogP contribution in [-0.4, -0.2) is 17.1 Å². The van der Waals surface area contributed by atoms with E-state index in [0.717, 1.165) is 29.9 Å². The minimum absolute atomic E-state index is 0.0414. The lowest BCUT2D eigenvalue weighted by molar-refractivity contribution is 0.0950. The summed E-state index contributed by atoms with van der Waals surface area (Å²) >= 11 is 0. The van der Waals surface area contributed by atoms with E-state index < -0.39 is 0 Å². The van der Waals surface area contributed by atoms with Gasteiger partial charge >= 0.3 is 0 Å². The molecular formula is C16H18N2O3. The van der Waals surface area contributed by atoms with Crippen molar-refractivity contribution in [1.29, 1.82) is 0 Å². The highest BCUT2D eigenvalue weighted by atomic mass is 16.5. The van der Waals surface area contributed by atoms with Gasteiger partial charge in [-0.2, -0.15) is 0 Å². The summed E-state index contributed by atoms with van der Waals surface area (Å²) in [4.78, 5) is 12.0. The van der Waals surface area contributed by atoms with Crippen molar-refractivity contribution >= 4 is 5.91 Å². The molecule has 0 aliphatic heterocycles. The fourth-order valence-electron chi connectivity index (χ4n) is 2.09. The van der Waals surface area contributed by atoms with Crippen LogP contribution in [-0.2, 0) is 6.61 Å². The quantitative estimate of drug-likeness (QED) is 0.918. The lowest BCUT2D eigenvalue weighted by Crippen LogP contribution is -2.25. The average Bonchev–Trinajstić information content (AvgIpc) is 3.23. The summed E-state index contributed by atoms with van der Waals surface area (Å²) < 4.78 is 10.8. The van der Waals surface area contributed by atoms with Crippen LogP contribution in [0.4, 0.5) is 0 Å². The number of carbonyl (C=O) groups excluding carboxylic acids is 1. The van der Waals surface area contributed by atoms with Crippen molar-refractivity contribution in [3.8, 4) is 5.75 Å². The van der Waals surface area contributed by atoms with E-state index in [0.29, 0.717) is 24.0 Å². The van der Waals surface area contributed by atoms with Crippen molar-refractivity contribution in [3.63, 3.8) is 0 Å². The van der Waals surface area contributed by atoms with Gasteiger partial charge in [0, 0.05) is 11.6 Å². The summed E-state index contributed by atoms with van der Waals surface area (Å²) in [6.07, 6.45) is 2.15. The summed E-state index contributed by atoms with van der Waals surface area (Å²) in [6, 6.07) is 7.57. The van der Waals surface area contributed by atoms with Gasteiger partial charge in [-0.3, -0.25) is 4.79 Å². The molecular weight excluding hydrogens is 268 g/mol. The molecule has 5 nitrogen and oxygen atoms in total. The van der Waals surface area contributed by atoms with Crippen LogP contribution in [0.5, 0.6) is 5.75 Å². The number of hydrogen-bond acceptors (Lipinski definition) is 4. The number of aryl methyl sites for hydroxylation is 2. The first kappa shape index (κ1) is 13.7. The average molecular weight is 286 g/mol. The first-order valence-corrected chi connectivity index (χ1v) is 7.09. The van der Waals surface area contributed by atoms with Gasteiger partial charge in [-0.25, -0.2) is 0 Å². The molecule has 1 aliphatic rings. The summed E-state index contributed by atoms with van der Waals surface area (Å²) in [6.45, 7) is 4.13. The Balaban J connectivity index is 1.66. The maximum absolute atomic E-state index is 12.0. The molecule has 1 amide bonds. The number of rotatable bonds is 5. The Kier molecular flexibility index (Phi) is 3.64. The van der Waals surface area contributed by atoms with Gasteiger partial charge in [0.25, 0.3) is 5.91 Å². The fourth-order valence-corrected chi connectivity index (χ4v) is 2.09. The van der Waals surface area contributed by atoms with Crippen LogP contribution in [0.15, 0.2) is 28.8 Å². The molecule has 0 saturated heterocycles. The minimum atomic E-state index is -0.0414. The smallest absolute Gasteiger partial charge is 0.251 e. The lowest BCUT2D eigenvalue weighted by Gasteiger charge is -2.08. The number of amides is 1. The monoisotopic (exact) mass is 286 g/mol. The van der Waals surface area contributed by atoms with E-state index in [2.05, 4.69) is 10.5 Å². The predicted octanol–water partition coefficient (Wildman–Crippen LogP) is 2.76.